The summed E-state index contributed by atoms with van der Waals surface area (Å²) in [6.45, 7) is 6.16. The first-order chi connectivity index (χ1) is 5.38. The molecule has 4 heteroatoms. The van der Waals surface area contributed by atoms with Crippen molar-refractivity contribution in [3.63, 3.8) is 0 Å². The zero-order chi connectivity index (χ0) is 9.78. The highest BCUT2D eigenvalue weighted by molar-refractivity contribution is 5.25. The molecule has 0 saturated carbocycles. The van der Waals surface area contributed by atoms with E-state index in [1.165, 1.54) is 6.08 Å². The molecule has 3 N–H and O–H groups in total. The minimum atomic E-state index is -2.85. The molecule has 0 heterocycles. The molecule has 0 aliphatic heterocycles. The fourth-order valence-corrected chi connectivity index (χ4v) is 0.636. The lowest BCUT2D eigenvalue weighted by Crippen LogP contribution is -2.24. The predicted octanol–water partition coefficient (Wildman–Crippen LogP) is 1.61. The van der Waals surface area contributed by atoms with Gasteiger partial charge in [-0.05, 0) is 6.92 Å². The molecular formula is C8H14F2N2. The topological polar surface area (TPSA) is 38.0 Å². The number of nitrogens with two attached hydrogens (primary N) is 1. The average molecular weight is 176 g/mol. The van der Waals surface area contributed by atoms with Gasteiger partial charge in [0.1, 0.15) is 0 Å². The molecule has 0 fully saturated rings. The molecule has 0 saturated heterocycles. The Morgan fingerprint density at radius 3 is 2.50 bits per heavy atom. The van der Waals surface area contributed by atoms with Crippen LogP contribution in [0.5, 0.6) is 0 Å². The highest BCUT2D eigenvalue weighted by Crippen LogP contribution is 2.23. The van der Waals surface area contributed by atoms with Gasteiger partial charge in [0.05, 0.1) is 0 Å². The predicted molar refractivity (Wildman–Crippen MR) is 45.7 cm³/mol. The number of alkyl halides is 2. The van der Waals surface area contributed by atoms with Crippen LogP contribution in [0.4, 0.5) is 8.78 Å². The molecule has 0 spiro atoms. The van der Waals surface area contributed by atoms with Gasteiger partial charge >= 0.3 is 0 Å². The third-order valence-corrected chi connectivity index (χ3v) is 1.37. The Balaban J connectivity index is 4.24. The first kappa shape index (κ1) is 11.3. The van der Waals surface area contributed by atoms with Crippen LogP contribution < -0.4 is 11.3 Å². The van der Waals surface area contributed by atoms with Gasteiger partial charge in [-0.25, -0.2) is 8.78 Å². The molecule has 0 bridgehead atoms. The van der Waals surface area contributed by atoms with Crippen LogP contribution in [0.2, 0.25) is 0 Å². The van der Waals surface area contributed by atoms with E-state index in [0.29, 0.717) is 6.54 Å². The lowest BCUT2D eigenvalue weighted by Gasteiger charge is -2.10. The third kappa shape index (κ3) is 4.20. The van der Waals surface area contributed by atoms with Crippen LogP contribution in [0.25, 0.3) is 0 Å². The van der Waals surface area contributed by atoms with Crippen LogP contribution in [-0.4, -0.2) is 12.5 Å². The van der Waals surface area contributed by atoms with Crippen molar-refractivity contribution in [3.05, 3.63) is 23.8 Å². The largest absolute Gasteiger partial charge is 0.271 e. The fourth-order valence-electron chi connectivity index (χ4n) is 0.636. The number of hydrogen-bond donors (Lipinski definition) is 2. The van der Waals surface area contributed by atoms with E-state index in [1.54, 1.807) is 6.92 Å². The molecule has 0 radical (unpaired) electrons. The Kier molecular flexibility index (Phi) is 4.06. The number of hydrogen-bond acceptors (Lipinski definition) is 2. The summed E-state index contributed by atoms with van der Waals surface area (Å²) >= 11 is 0. The Morgan fingerprint density at radius 1 is 1.67 bits per heavy atom. The second-order valence-electron chi connectivity index (χ2n) is 2.79. The Hall–Kier alpha value is -0.740. The van der Waals surface area contributed by atoms with Gasteiger partial charge in [-0.3, -0.25) is 11.3 Å². The van der Waals surface area contributed by atoms with E-state index < -0.39 is 5.92 Å². The van der Waals surface area contributed by atoms with Crippen LogP contribution in [0.1, 0.15) is 13.8 Å². The van der Waals surface area contributed by atoms with Gasteiger partial charge in [-0.1, -0.05) is 18.2 Å². The van der Waals surface area contributed by atoms with Gasteiger partial charge < -0.3 is 0 Å². The van der Waals surface area contributed by atoms with Crippen molar-refractivity contribution in [3.8, 4) is 0 Å². The van der Waals surface area contributed by atoms with E-state index in [0.717, 1.165) is 12.5 Å². The zero-order valence-electron chi connectivity index (χ0n) is 7.32. The number of hydrazine groups is 1. The van der Waals surface area contributed by atoms with Gasteiger partial charge in [0.15, 0.2) is 0 Å². The maximum absolute atomic E-state index is 12.5. The van der Waals surface area contributed by atoms with Gasteiger partial charge in [-0.2, -0.15) is 0 Å². The summed E-state index contributed by atoms with van der Waals surface area (Å²) in [5.74, 6) is 2.15. The first-order valence-corrected chi connectivity index (χ1v) is 3.55. The minimum absolute atomic E-state index is 0.199. The van der Waals surface area contributed by atoms with Gasteiger partial charge in [0.25, 0.3) is 5.92 Å². The highest BCUT2D eigenvalue weighted by atomic mass is 19.3. The van der Waals surface area contributed by atoms with Crippen molar-refractivity contribution in [1.29, 1.82) is 0 Å². The van der Waals surface area contributed by atoms with Crippen molar-refractivity contribution in [2.75, 3.05) is 6.54 Å². The minimum Gasteiger partial charge on any atom is -0.271 e. The monoisotopic (exact) mass is 176 g/mol. The van der Waals surface area contributed by atoms with Gasteiger partial charge in [-0.15, -0.1) is 0 Å². The molecule has 0 aliphatic rings. The van der Waals surface area contributed by atoms with Crippen LogP contribution in [0, 0.1) is 0 Å². The van der Waals surface area contributed by atoms with Crippen molar-refractivity contribution in [1.82, 2.24) is 5.43 Å². The highest BCUT2D eigenvalue weighted by Gasteiger charge is 2.23. The summed E-state index contributed by atoms with van der Waals surface area (Å²) in [6.07, 6.45) is 1.33. The van der Waals surface area contributed by atoms with Crippen LogP contribution in [-0.2, 0) is 0 Å². The normalized spacial score (nSPS) is 13.2. The third-order valence-electron chi connectivity index (χ3n) is 1.37. The van der Waals surface area contributed by atoms with E-state index in [4.69, 9.17) is 5.84 Å². The molecule has 70 valence electrons. The maximum Gasteiger partial charge on any atom is 0.269 e. The van der Waals surface area contributed by atoms with Crippen LogP contribution >= 0.6 is 0 Å². The summed E-state index contributed by atoms with van der Waals surface area (Å²) < 4.78 is 25.0. The number of rotatable bonds is 4. The quantitative estimate of drug-likeness (QED) is 0.388. The second-order valence-corrected chi connectivity index (χ2v) is 2.79. The summed E-state index contributed by atoms with van der Waals surface area (Å²) in [5.41, 5.74) is 2.90. The summed E-state index contributed by atoms with van der Waals surface area (Å²) in [7, 11) is 0. The van der Waals surface area contributed by atoms with E-state index in [9.17, 15) is 8.78 Å². The van der Waals surface area contributed by atoms with Crippen molar-refractivity contribution in [2.24, 2.45) is 5.84 Å². The summed E-state index contributed by atoms with van der Waals surface area (Å²) in [4.78, 5) is 0. The van der Waals surface area contributed by atoms with E-state index in [2.05, 4.69) is 12.0 Å². The van der Waals surface area contributed by atoms with E-state index in [1.807, 2.05) is 0 Å². The Bertz CT molecular complexity index is 192. The molecule has 0 atom stereocenters. The lowest BCUT2D eigenvalue weighted by atomic mass is 10.1. The van der Waals surface area contributed by atoms with Crippen molar-refractivity contribution >= 4 is 0 Å². The van der Waals surface area contributed by atoms with Crippen LogP contribution in [0.15, 0.2) is 23.8 Å². The number of halogens is 2. The zero-order valence-corrected chi connectivity index (χ0v) is 7.32. The van der Waals surface area contributed by atoms with E-state index >= 15 is 0 Å². The fraction of sp³-hybridized carbons (Fsp3) is 0.500. The average Bonchev–Trinajstić information content (AvgIpc) is 1.85. The standard InChI is InChI=1S/C8H14F2N2/c1-6(5-12-11)4-7(2)8(3,9)10/h4,12H,2,5,11H2,1,3H3/b6-4-. The lowest BCUT2D eigenvalue weighted by molar-refractivity contribution is 0.0679. The molecule has 0 unspecified atom stereocenters. The molecule has 0 aliphatic carbocycles. The number of allylic oxidation sites excluding steroid dienone is 2. The second kappa shape index (κ2) is 4.33. The summed E-state index contributed by atoms with van der Waals surface area (Å²) in [5, 5.41) is 0. The molecule has 2 nitrogen and oxygen atoms in total. The first-order valence-electron chi connectivity index (χ1n) is 3.55. The maximum atomic E-state index is 12.5. The number of nitrogens with one attached hydrogen (secondary N) is 1. The SMILES string of the molecule is C=C(/C=C(/C)CNN)C(C)(F)F. The molecule has 12 heavy (non-hydrogen) atoms. The van der Waals surface area contributed by atoms with Gasteiger partial charge in [0, 0.05) is 19.0 Å². The van der Waals surface area contributed by atoms with Crippen molar-refractivity contribution < 1.29 is 8.78 Å². The molecule has 0 aromatic heterocycles. The molecule has 0 aromatic carbocycles. The van der Waals surface area contributed by atoms with E-state index in [-0.39, 0.29) is 5.57 Å². The Morgan fingerprint density at radius 2 is 2.17 bits per heavy atom. The Labute approximate surface area is 71.1 Å². The van der Waals surface area contributed by atoms with Gasteiger partial charge in [0.2, 0.25) is 0 Å². The molecular weight excluding hydrogens is 162 g/mol. The van der Waals surface area contributed by atoms with Crippen LogP contribution in [0.3, 0.4) is 0 Å². The molecule has 0 rings (SSSR count). The smallest absolute Gasteiger partial charge is 0.269 e. The molecule has 0 amide bonds. The summed E-state index contributed by atoms with van der Waals surface area (Å²) in [6, 6.07) is 0. The molecule has 0 aromatic rings. The van der Waals surface area contributed by atoms with Crippen molar-refractivity contribution in [2.45, 2.75) is 19.8 Å².